The standard InChI is InChI=1S/C21H21NO3/c23-20(22-17-9-3-1-4-10-17)25-21(13-5-2-6-14-21)18-11-7-8-16-12-15-24-19(16)18/h1,3-4,7-12,15H,2,5-6,13-14H2,(H,22,23). The van der Waals surface area contributed by atoms with Gasteiger partial charge in [0.1, 0.15) is 11.2 Å². The molecule has 0 unspecified atom stereocenters. The molecule has 25 heavy (non-hydrogen) atoms. The van der Waals surface area contributed by atoms with E-state index >= 15 is 0 Å². The summed E-state index contributed by atoms with van der Waals surface area (Å²) in [6.07, 6.45) is 6.14. The highest BCUT2D eigenvalue weighted by molar-refractivity contribution is 5.86. The Bertz CT molecular complexity index is 863. The van der Waals surface area contributed by atoms with Gasteiger partial charge in [-0.1, -0.05) is 42.8 Å². The van der Waals surface area contributed by atoms with Crippen LogP contribution in [0.1, 0.15) is 37.7 Å². The Labute approximate surface area is 146 Å². The zero-order valence-corrected chi connectivity index (χ0v) is 14.0. The summed E-state index contributed by atoms with van der Waals surface area (Å²) in [6.45, 7) is 0. The third kappa shape index (κ3) is 3.12. The van der Waals surface area contributed by atoms with Gasteiger partial charge in [-0.3, -0.25) is 5.32 Å². The van der Waals surface area contributed by atoms with Crippen LogP contribution in [0.15, 0.2) is 65.3 Å². The fourth-order valence-electron chi connectivity index (χ4n) is 3.74. The molecule has 2 aromatic carbocycles. The van der Waals surface area contributed by atoms with E-state index in [0.717, 1.165) is 47.9 Å². The molecule has 0 saturated heterocycles. The van der Waals surface area contributed by atoms with Crippen LogP contribution in [-0.2, 0) is 10.3 Å². The highest BCUT2D eigenvalue weighted by atomic mass is 16.6. The molecule has 1 amide bonds. The second-order valence-corrected chi connectivity index (χ2v) is 6.58. The van der Waals surface area contributed by atoms with E-state index in [0.29, 0.717) is 0 Å². The molecule has 4 rings (SSSR count). The van der Waals surface area contributed by atoms with Crippen molar-refractivity contribution in [3.05, 3.63) is 66.4 Å². The molecule has 1 heterocycles. The fourth-order valence-corrected chi connectivity index (χ4v) is 3.74. The van der Waals surface area contributed by atoms with Crippen molar-refractivity contribution < 1.29 is 13.9 Å². The molecule has 128 valence electrons. The Hall–Kier alpha value is -2.75. The Morgan fingerprint density at radius 3 is 2.56 bits per heavy atom. The number of hydrogen-bond donors (Lipinski definition) is 1. The van der Waals surface area contributed by atoms with Gasteiger partial charge >= 0.3 is 6.09 Å². The maximum atomic E-state index is 12.6. The summed E-state index contributed by atoms with van der Waals surface area (Å²) in [7, 11) is 0. The lowest BCUT2D eigenvalue weighted by Gasteiger charge is -2.37. The number of furan rings is 1. The molecule has 1 saturated carbocycles. The van der Waals surface area contributed by atoms with Crippen LogP contribution >= 0.6 is 0 Å². The molecule has 1 aliphatic carbocycles. The minimum absolute atomic E-state index is 0.420. The van der Waals surface area contributed by atoms with Crippen molar-refractivity contribution in [2.75, 3.05) is 5.32 Å². The topological polar surface area (TPSA) is 51.5 Å². The molecular formula is C21H21NO3. The third-order valence-corrected chi connectivity index (χ3v) is 4.94. The van der Waals surface area contributed by atoms with E-state index in [1.165, 1.54) is 6.42 Å². The highest BCUT2D eigenvalue weighted by Gasteiger charge is 2.40. The molecule has 0 radical (unpaired) electrons. The quantitative estimate of drug-likeness (QED) is 0.654. The molecule has 0 spiro atoms. The zero-order chi connectivity index (χ0) is 17.1. The molecule has 3 aromatic rings. The van der Waals surface area contributed by atoms with E-state index in [9.17, 15) is 4.79 Å². The normalized spacial score (nSPS) is 16.5. The van der Waals surface area contributed by atoms with Crippen molar-refractivity contribution in [1.29, 1.82) is 0 Å². The van der Waals surface area contributed by atoms with Crippen LogP contribution in [0.2, 0.25) is 0 Å². The SMILES string of the molecule is O=C(Nc1ccccc1)OC1(c2cccc3ccoc23)CCCCC1. The van der Waals surface area contributed by atoms with Crippen LogP contribution in [0, 0.1) is 0 Å². The summed E-state index contributed by atoms with van der Waals surface area (Å²) in [5, 5.41) is 3.87. The van der Waals surface area contributed by atoms with Gasteiger partial charge in [0, 0.05) is 16.6 Å². The first kappa shape index (κ1) is 15.8. The van der Waals surface area contributed by atoms with Crippen molar-refractivity contribution in [2.24, 2.45) is 0 Å². The van der Waals surface area contributed by atoms with Gasteiger partial charge in [-0.05, 0) is 43.9 Å². The number of anilines is 1. The van der Waals surface area contributed by atoms with Crippen LogP contribution in [0.3, 0.4) is 0 Å². The molecule has 0 aliphatic heterocycles. The first-order valence-corrected chi connectivity index (χ1v) is 8.79. The van der Waals surface area contributed by atoms with Gasteiger partial charge in [-0.25, -0.2) is 4.79 Å². The van der Waals surface area contributed by atoms with Crippen molar-refractivity contribution in [3.63, 3.8) is 0 Å². The number of carbonyl (C=O) groups is 1. The summed E-state index contributed by atoms with van der Waals surface area (Å²) in [5.41, 5.74) is 1.89. The van der Waals surface area contributed by atoms with Crippen molar-refractivity contribution in [3.8, 4) is 0 Å². The van der Waals surface area contributed by atoms with Crippen molar-refractivity contribution in [2.45, 2.75) is 37.7 Å². The average molecular weight is 335 g/mol. The van der Waals surface area contributed by atoms with Crippen molar-refractivity contribution in [1.82, 2.24) is 0 Å². The number of carbonyl (C=O) groups excluding carboxylic acids is 1. The summed E-state index contributed by atoms with van der Waals surface area (Å²) in [6, 6.07) is 17.4. The smallest absolute Gasteiger partial charge is 0.412 e. The van der Waals surface area contributed by atoms with Crippen LogP contribution < -0.4 is 5.32 Å². The molecule has 1 aromatic heterocycles. The number of benzene rings is 2. The minimum Gasteiger partial charge on any atom is -0.464 e. The molecular weight excluding hydrogens is 314 g/mol. The number of hydrogen-bond acceptors (Lipinski definition) is 3. The van der Waals surface area contributed by atoms with Gasteiger partial charge in [0.05, 0.1) is 6.26 Å². The van der Waals surface area contributed by atoms with Gasteiger partial charge in [0.15, 0.2) is 0 Å². The highest BCUT2D eigenvalue weighted by Crippen LogP contribution is 2.43. The monoisotopic (exact) mass is 335 g/mol. The lowest BCUT2D eigenvalue weighted by Crippen LogP contribution is -2.36. The van der Waals surface area contributed by atoms with Gasteiger partial charge in [-0.15, -0.1) is 0 Å². The summed E-state index contributed by atoms with van der Waals surface area (Å²) in [5.74, 6) is 0. The molecule has 4 heteroatoms. The Morgan fingerprint density at radius 1 is 0.960 bits per heavy atom. The summed E-state index contributed by atoms with van der Waals surface area (Å²) >= 11 is 0. The lowest BCUT2D eigenvalue weighted by molar-refractivity contribution is -0.0135. The zero-order valence-electron chi connectivity index (χ0n) is 14.0. The van der Waals surface area contributed by atoms with E-state index in [4.69, 9.17) is 9.15 Å². The summed E-state index contributed by atoms with van der Waals surface area (Å²) in [4.78, 5) is 12.6. The number of amides is 1. The molecule has 0 bridgehead atoms. The Balaban J connectivity index is 1.66. The molecule has 1 fully saturated rings. The van der Waals surface area contributed by atoms with Crippen LogP contribution in [0.5, 0.6) is 0 Å². The number of nitrogens with one attached hydrogen (secondary N) is 1. The molecule has 1 N–H and O–H groups in total. The minimum atomic E-state index is -0.630. The second kappa shape index (κ2) is 6.63. The van der Waals surface area contributed by atoms with Crippen molar-refractivity contribution >= 4 is 22.7 Å². The summed E-state index contributed by atoms with van der Waals surface area (Å²) < 4.78 is 11.8. The first-order chi connectivity index (χ1) is 12.3. The molecule has 0 atom stereocenters. The van der Waals surface area contributed by atoms with Gasteiger partial charge in [-0.2, -0.15) is 0 Å². The number of rotatable bonds is 3. The first-order valence-electron chi connectivity index (χ1n) is 8.79. The predicted octanol–water partition coefficient (Wildman–Crippen LogP) is 5.84. The lowest BCUT2D eigenvalue weighted by atomic mass is 9.79. The fraction of sp³-hybridized carbons (Fsp3) is 0.286. The van der Waals surface area contributed by atoms with Crippen LogP contribution in [-0.4, -0.2) is 6.09 Å². The average Bonchev–Trinajstić information content (AvgIpc) is 3.12. The maximum Gasteiger partial charge on any atom is 0.412 e. The van der Waals surface area contributed by atoms with E-state index in [2.05, 4.69) is 5.32 Å². The van der Waals surface area contributed by atoms with E-state index < -0.39 is 11.7 Å². The molecule has 1 aliphatic rings. The van der Waals surface area contributed by atoms with Gasteiger partial charge in [0.25, 0.3) is 0 Å². The Kier molecular flexibility index (Phi) is 4.18. The Morgan fingerprint density at radius 2 is 1.76 bits per heavy atom. The van der Waals surface area contributed by atoms with Crippen LogP contribution in [0.25, 0.3) is 11.0 Å². The third-order valence-electron chi connectivity index (χ3n) is 4.94. The molecule has 4 nitrogen and oxygen atoms in total. The van der Waals surface area contributed by atoms with E-state index in [-0.39, 0.29) is 0 Å². The van der Waals surface area contributed by atoms with E-state index in [1.807, 2.05) is 54.6 Å². The van der Waals surface area contributed by atoms with Crippen LogP contribution in [0.4, 0.5) is 10.5 Å². The van der Waals surface area contributed by atoms with Gasteiger partial charge in [0.2, 0.25) is 0 Å². The van der Waals surface area contributed by atoms with Gasteiger partial charge < -0.3 is 9.15 Å². The maximum absolute atomic E-state index is 12.6. The largest absolute Gasteiger partial charge is 0.464 e. The number of para-hydroxylation sites is 2. The predicted molar refractivity (Wildman–Crippen MR) is 97.5 cm³/mol. The number of ether oxygens (including phenoxy) is 1. The number of fused-ring (bicyclic) bond motifs is 1. The second-order valence-electron chi connectivity index (χ2n) is 6.58. The van der Waals surface area contributed by atoms with E-state index in [1.54, 1.807) is 6.26 Å².